The molecule has 0 radical (unpaired) electrons. The number of hydrogen-bond donors (Lipinski definition) is 1. The number of nitrogens with zero attached hydrogens (tertiary/aromatic N) is 5. The average Bonchev–Trinajstić information content (AvgIpc) is 3.16. The van der Waals surface area contributed by atoms with E-state index in [1.165, 1.54) is 6.07 Å². The summed E-state index contributed by atoms with van der Waals surface area (Å²) in [6.45, 7) is 5.86. The molecule has 0 bridgehead atoms. The molecular formula is C23H29FN6O3S. The lowest BCUT2D eigenvalue weighted by Crippen LogP contribution is -2.39. The molecule has 0 amide bonds. The largest absolute Gasteiger partial charge is 0.396 e. The molecule has 2 saturated heterocycles. The fourth-order valence-corrected chi connectivity index (χ4v) is 5.79. The predicted molar refractivity (Wildman–Crippen MR) is 128 cm³/mol. The predicted octanol–water partition coefficient (Wildman–Crippen LogP) is 1.42. The summed E-state index contributed by atoms with van der Waals surface area (Å²) >= 11 is 0. The first kappa shape index (κ1) is 23.0. The molecule has 9 nitrogen and oxygen atoms in total. The summed E-state index contributed by atoms with van der Waals surface area (Å²) in [5, 5.41) is 4.88. The second kappa shape index (κ2) is 9.12. The summed E-state index contributed by atoms with van der Waals surface area (Å²) in [5.41, 5.74) is 10.5. The fourth-order valence-electron chi connectivity index (χ4n) is 4.51. The Hall–Kier alpha value is -2.76. The first-order valence-corrected chi connectivity index (χ1v) is 13.3. The van der Waals surface area contributed by atoms with Crippen LogP contribution in [0.15, 0.2) is 24.3 Å². The Balaban J connectivity index is 1.57. The van der Waals surface area contributed by atoms with Gasteiger partial charge in [-0.1, -0.05) is 12.1 Å². The van der Waals surface area contributed by atoms with Crippen molar-refractivity contribution >= 4 is 27.0 Å². The third-order valence-corrected chi connectivity index (χ3v) is 8.27. The van der Waals surface area contributed by atoms with Gasteiger partial charge in [-0.2, -0.15) is 0 Å². The number of morpholine rings is 1. The molecule has 2 N–H and O–H groups in total. The second-order valence-electron chi connectivity index (χ2n) is 8.93. The summed E-state index contributed by atoms with van der Waals surface area (Å²) in [4.78, 5) is 9.04. The first-order chi connectivity index (χ1) is 16.3. The minimum absolute atomic E-state index is 0.139. The molecule has 2 aromatic heterocycles. The average molecular weight is 489 g/mol. The highest BCUT2D eigenvalue weighted by Gasteiger charge is 2.25. The van der Waals surface area contributed by atoms with Crippen molar-refractivity contribution in [3.63, 3.8) is 0 Å². The number of anilines is 2. The van der Waals surface area contributed by atoms with Crippen LogP contribution in [-0.2, 0) is 27.5 Å². The van der Waals surface area contributed by atoms with Crippen molar-refractivity contribution in [2.75, 3.05) is 61.5 Å². The summed E-state index contributed by atoms with van der Waals surface area (Å²) in [7, 11) is -2.98. The number of ether oxygens (including phenoxy) is 1. The van der Waals surface area contributed by atoms with Crippen LogP contribution >= 0.6 is 0 Å². The van der Waals surface area contributed by atoms with E-state index in [0.29, 0.717) is 56.2 Å². The van der Waals surface area contributed by atoms with Crippen LogP contribution < -0.4 is 10.6 Å². The topological polar surface area (TPSA) is 106 Å². The van der Waals surface area contributed by atoms with Crippen molar-refractivity contribution in [3.8, 4) is 0 Å². The van der Waals surface area contributed by atoms with E-state index in [1.54, 1.807) is 17.5 Å². The highest BCUT2D eigenvalue weighted by molar-refractivity contribution is 7.91. The Bertz CT molecular complexity index is 1310. The Morgan fingerprint density at radius 2 is 1.88 bits per heavy atom. The molecule has 0 unspecified atom stereocenters. The number of hydrogen-bond acceptors (Lipinski definition) is 8. The van der Waals surface area contributed by atoms with E-state index < -0.39 is 9.84 Å². The molecule has 0 atom stereocenters. The zero-order valence-electron chi connectivity index (χ0n) is 19.2. The third kappa shape index (κ3) is 4.59. The van der Waals surface area contributed by atoms with E-state index in [9.17, 15) is 12.8 Å². The number of nitrogens with two attached hydrogens (primary N) is 1. The molecule has 2 aliphatic heterocycles. The van der Waals surface area contributed by atoms with Crippen molar-refractivity contribution < 1.29 is 17.5 Å². The minimum Gasteiger partial charge on any atom is -0.396 e. The van der Waals surface area contributed by atoms with E-state index >= 15 is 0 Å². The van der Waals surface area contributed by atoms with Crippen LogP contribution in [0.25, 0.3) is 5.65 Å². The fraction of sp³-hybridized carbons (Fsp3) is 0.478. The van der Waals surface area contributed by atoms with Crippen molar-refractivity contribution in [3.05, 3.63) is 52.6 Å². The number of benzene rings is 1. The van der Waals surface area contributed by atoms with E-state index in [1.807, 2.05) is 12.1 Å². The monoisotopic (exact) mass is 488 g/mol. The maximum absolute atomic E-state index is 14.3. The van der Waals surface area contributed by atoms with E-state index in [-0.39, 0.29) is 17.3 Å². The standard InChI is InChI=1S/C23H29FN6O3S/c1-16-17(3-2-4-18(16)24)13-21-20(15-28-7-11-34(31,32)12-8-28)26-23-19(25)14-22(27-30(21)23)29-5-9-33-10-6-29/h2-4,14H,5-13,15,25H2,1H3. The molecule has 3 aromatic rings. The molecule has 5 rings (SSSR count). The number of rotatable bonds is 5. The van der Waals surface area contributed by atoms with Gasteiger partial charge in [-0.15, -0.1) is 5.10 Å². The van der Waals surface area contributed by atoms with Gasteiger partial charge in [-0.25, -0.2) is 22.3 Å². The zero-order valence-corrected chi connectivity index (χ0v) is 20.0. The molecule has 11 heteroatoms. The molecule has 0 spiro atoms. The van der Waals surface area contributed by atoms with Crippen LogP contribution in [-0.4, -0.2) is 78.8 Å². The smallest absolute Gasteiger partial charge is 0.177 e. The molecule has 2 fully saturated rings. The van der Waals surface area contributed by atoms with E-state index in [2.05, 4.69) is 9.80 Å². The van der Waals surface area contributed by atoms with Crippen molar-refractivity contribution in [1.82, 2.24) is 19.5 Å². The first-order valence-electron chi connectivity index (χ1n) is 11.5. The van der Waals surface area contributed by atoms with Crippen LogP contribution in [0.5, 0.6) is 0 Å². The molecule has 1 aromatic carbocycles. The molecule has 34 heavy (non-hydrogen) atoms. The van der Waals surface area contributed by atoms with Crippen molar-refractivity contribution in [1.29, 1.82) is 0 Å². The lowest BCUT2D eigenvalue weighted by atomic mass is 10.0. The van der Waals surface area contributed by atoms with Gasteiger partial charge < -0.3 is 15.4 Å². The van der Waals surface area contributed by atoms with Gasteiger partial charge in [0.25, 0.3) is 0 Å². The maximum atomic E-state index is 14.3. The van der Waals surface area contributed by atoms with Crippen LogP contribution in [0, 0.1) is 12.7 Å². The summed E-state index contributed by atoms with van der Waals surface area (Å²) in [5.74, 6) is 0.773. The molecule has 4 heterocycles. The Kier molecular flexibility index (Phi) is 6.17. The molecule has 0 aliphatic carbocycles. The van der Waals surface area contributed by atoms with Crippen molar-refractivity contribution in [2.45, 2.75) is 19.9 Å². The second-order valence-corrected chi connectivity index (χ2v) is 11.2. The number of aromatic nitrogens is 3. The number of sulfone groups is 1. The van der Waals surface area contributed by atoms with Crippen LogP contribution in [0.4, 0.5) is 15.9 Å². The quantitative estimate of drug-likeness (QED) is 0.575. The number of fused-ring (bicyclic) bond motifs is 1. The minimum atomic E-state index is -2.98. The third-order valence-electron chi connectivity index (χ3n) is 6.66. The Morgan fingerprint density at radius 3 is 2.62 bits per heavy atom. The van der Waals surface area contributed by atoms with Gasteiger partial charge in [0.05, 0.1) is 41.8 Å². The number of halogens is 1. The van der Waals surface area contributed by atoms with Crippen molar-refractivity contribution in [2.24, 2.45) is 0 Å². The highest BCUT2D eigenvalue weighted by atomic mass is 32.2. The maximum Gasteiger partial charge on any atom is 0.177 e. The van der Waals surface area contributed by atoms with Gasteiger partial charge in [-0.05, 0) is 24.1 Å². The van der Waals surface area contributed by atoms with E-state index in [0.717, 1.165) is 35.9 Å². The number of nitrogen functional groups attached to an aromatic ring is 1. The summed E-state index contributed by atoms with van der Waals surface area (Å²) < 4.78 is 45.3. The van der Waals surface area contributed by atoms with Gasteiger partial charge in [-0.3, -0.25) is 4.90 Å². The normalized spacial score (nSPS) is 19.1. The summed E-state index contributed by atoms with van der Waals surface area (Å²) in [6, 6.07) is 6.90. The van der Waals surface area contributed by atoms with Gasteiger partial charge >= 0.3 is 0 Å². The molecule has 2 aliphatic rings. The van der Waals surface area contributed by atoms with Gasteiger partial charge in [0.1, 0.15) is 5.82 Å². The Morgan fingerprint density at radius 1 is 1.15 bits per heavy atom. The van der Waals surface area contributed by atoms with Crippen LogP contribution in [0.2, 0.25) is 0 Å². The Labute approximate surface area is 198 Å². The van der Waals surface area contributed by atoms with Gasteiger partial charge in [0.2, 0.25) is 0 Å². The number of imidazole rings is 1. The van der Waals surface area contributed by atoms with Gasteiger partial charge in [0, 0.05) is 45.2 Å². The van der Waals surface area contributed by atoms with Gasteiger partial charge in [0.15, 0.2) is 21.3 Å². The van der Waals surface area contributed by atoms with E-state index in [4.69, 9.17) is 20.6 Å². The summed E-state index contributed by atoms with van der Waals surface area (Å²) in [6.07, 6.45) is 0.436. The molecule has 0 saturated carbocycles. The molecular weight excluding hydrogens is 459 g/mol. The lowest BCUT2D eigenvalue weighted by Gasteiger charge is -2.28. The SMILES string of the molecule is Cc1c(F)cccc1Cc1c(CN2CCS(=O)(=O)CC2)nc2c(N)cc(N3CCOCC3)nn12. The molecule has 182 valence electrons. The van der Waals surface area contributed by atoms with Crippen LogP contribution in [0.1, 0.15) is 22.5 Å². The lowest BCUT2D eigenvalue weighted by molar-refractivity contribution is 0.122. The van der Waals surface area contributed by atoms with Crippen LogP contribution in [0.3, 0.4) is 0 Å². The highest BCUT2D eigenvalue weighted by Crippen LogP contribution is 2.26. The zero-order chi connectivity index (χ0) is 23.9.